The number of rotatable bonds is 7. The zero-order valence-corrected chi connectivity index (χ0v) is 12.5. The molecule has 1 aliphatic rings. The van der Waals surface area contributed by atoms with E-state index in [4.69, 9.17) is 4.42 Å². The first-order chi connectivity index (χ1) is 10.8. The molecule has 2 aromatic rings. The molecule has 2 N–H and O–H groups in total. The summed E-state index contributed by atoms with van der Waals surface area (Å²) in [4.78, 5) is 23.3. The van der Waals surface area contributed by atoms with Crippen LogP contribution in [0.4, 0.5) is 11.4 Å². The summed E-state index contributed by atoms with van der Waals surface area (Å²) in [6, 6.07) is 3.61. The molecule has 0 spiro atoms. The van der Waals surface area contributed by atoms with E-state index >= 15 is 0 Å². The number of anilines is 2. The first kappa shape index (κ1) is 14.6. The van der Waals surface area contributed by atoms with Crippen LogP contribution in [0.5, 0.6) is 0 Å². The predicted molar refractivity (Wildman–Crippen MR) is 87.0 cm³/mol. The van der Waals surface area contributed by atoms with Crippen molar-refractivity contribution in [2.45, 2.75) is 38.6 Å². The van der Waals surface area contributed by atoms with E-state index in [9.17, 15) is 9.59 Å². The summed E-state index contributed by atoms with van der Waals surface area (Å²) in [6.07, 6.45) is 9.64. The molecule has 0 fully saturated rings. The van der Waals surface area contributed by atoms with Gasteiger partial charge in [0.25, 0.3) is 10.9 Å². The van der Waals surface area contributed by atoms with Crippen molar-refractivity contribution in [1.29, 1.82) is 0 Å². The lowest BCUT2D eigenvalue weighted by Gasteiger charge is -2.16. The van der Waals surface area contributed by atoms with E-state index in [1.807, 2.05) is 6.07 Å². The average molecular weight is 300 g/mol. The summed E-state index contributed by atoms with van der Waals surface area (Å²) < 4.78 is 5.20. The highest BCUT2D eigenvalue weighted by atomic mass is 16.3. The van der Waals surface area contributed by atoms with Crippen LogP contribution in [0.3, 0.4) is 0 Å². The third-order valence-corrected chi connectivity index (χ3v) is 4.06. The standard InChI is InChI=1S/C17H20N2O3/c20-16-14(18-9-8-12-5-2-1-3-6-12)15(17(16)21)19-11-13-7-4-10-22-13/h4-5,7,10,18-19H,1-3,6,8-9,11H2. The van der Waals surface area contributed by atoms with Crippen LogP contribution in [0.15, 0.2) is 44.1 Å². The molecule has 5 nitrogen and oxygen atoms in total. The van der Waals surface area contributed by atoms with Gasteiger partial charge in [-0.2, -0.15) is 0 Å². The van der Waals surface area contributed by atoms with Gasteiger partial charge in [0.1, 0.15) is 17.1 Å². The molecule has 0 saturated carbocycles. The number of furan rings is 1. The Morgan fingerprint density at radius 1 is 1.09 bits per heavy atom. The van der Waals surface area contributed by atoms with Gasteiger partial charge in [0, 0.05) is 6.54 Å². The maximum atomic E-state index is 11.7. The normalized spacial score (nSPS) is 14.8. The largest absolute Gasteiger partial charge is 0.467 e. The zero-order chi connectivity index (χ0) is 15.4. The van der Waals surface area contributed by atoms with Crippen molar-refractivity contribution in [3.8, 4) is 0 Å². The highest BCUT2D eigenvalue weighted by Crippen LogP contribution is 2.21. The van der Waals surface area contributed by atoms with Crippen LogP contribution < -0.4 is 21.5 Å². The molecule has 5 heteroatoms. The minimum atomic E-state index is -0.453. The molecule has 0 amide bonds. The van der Waals surface area contributed by atoms with Crippen LogP contribution in [0, 0.1) is 0 Å². The molecular formula is C17H20N2O3. The second-order valence-electron chi connectivity index (χ2n) is 5.63. The van der Waals surface area contributed by atoms with Crippen molar-refractivity contribution in [2.24, 2.45) is 0 Å². The highest BCUT2D eigenvalue weighted by Gasteiger charge is 2.20. The minimum Gasteiger partial charge on any atom is -0.467 e. The average Bonchev–Trinajstić information content (AvgIpc) is 3.07. The first-order valence-corrected chi connectivity index (χ1v) is 7.77. The van der Waals surface area contributed by atoms with Gasteiger partial charge in [-0.3, -0.25) is 9.59 Å². The molecule has 0 bridgehead atoms. The van der Waals surface area contributed by atoms with Crippen molar-refractivity contribution in [2.75, 3.05) is 17.2 Å². The Kier molecular flexibility index (Phi) is 4.42. The number of hydrogen-bond donors (Lipinski definition) is 2. The van der Waals surface area contributed by atoms with Crippen molar-refractivity contribution in [1.82, 2.24) is 0 Å². The van der Waals surface area contributed by atoms with Gasteiger partial charge < -0.3 is 15.1 Å². The predicted octanol–water partition coefficient (Wildman–Crippen LogP) is 2.79. The van der Waals surface area contributed by atoms with Gasteiger partial charge in [0.15, 0.2) is 0 Å². The Balaban J connectivity index is 1.55. The van der Waals surface area contributed by atoms with Gasteiger partial charge in [-0.15, -0.1) is 0 Å². The Hall–Kier alpha value is -2.30. The Morgan fingerprint density at radius 2 is 1.91 bits per heavy atom. The fourth-order valence-corrected chi connectivity index (χ4v) is 2.80. The summed E-state index contributed by atoms with van der Waals surface area (Å²) in [7, 11) is 0. The van der Waals surface area contributed by atoms with Gasteiger partial charge in [-0.05, 0) is 44.2 Å². The third kappa shape index (κ3) is 3.13. The number of allylic oxidation sites excluding steroid dienone is 1. The second kappa shape index (κ2) is 6.64. The van der Waals surface area contributed by atoms with Crippen molar-refractivity contribution in [3.05, 3.63) is 56.3 Å². The van der Waals surface area contributed by atoms with E-state index in [2.05, 4.69) is 16.7 Å². The summed E-state index contributed by atoms with van der Waals surface area (Å²) in [5.74, 6) is 0.728. The second-order valence-corrected chi connectivity index (χ2v) is 5.63. The molecule has 1 aromatic carbocycles. The monoisotopic (exact) mass is 300 g/mol. The summed E-state index contributed by atoms with van der Waals surface area (Å²) in [5.41, 5.74) is 1.35. The zero-order valence-electron chi connectivity index (χ0n) is 12.5. The van der Waals surface area contributed by atoms with E-state index in [-0.39, 0.29) is 0 Å². The topological polar surface area (TPSA) is 71.3 Å². The molecule has 3 rings (SSSR count). The molecule has 1 heterocycles. The molecule has 1 aromatic heterocycles. The fourth-order valence-electron chi connectivity index (χ4n) is 2.80. The Morgan fingerprint density at radius 3 is 2.59 bits per heavy atom. The van der Waals surface area contributed by atoms with Crippen molar-refractivity contribution >= 4 is 11.4 Å². The highest BCUT2D eigenvalue weighted by molar-refractivity contribution is 5.73. The minimum absolute atomic E-state index is 0.374. The van der Waals surface area contributed by atoms with Gasteiger partial charge in [0.05, 0.1) is 12.8 Å². The molecule has 1 aliphatic carbocycles. The summed E-state index contributed by atoms with van der Waals surface area (Å²) >= 11 is 0. The maximum Gasteiger partial charge on any atom is 0.253 e. The number of hydrogen-bond acceptors (Lipinski definition) is 5. The number of nitrogens with one attached hydrogen (secondary N) is 2. The van der Waals surface area contributed by atoms with Crippen LogP contribution in [0.25, 0.3) is 0 Å². The molecule has 0 atom stereocenters. The molecular weight excluding hydrogens is 280 g/mol. The molecule has 0 saturated heterocycles. The van der Waals surface area contributed by atoms with Gasteiger partial charge in [-0.1, -0.05) is 11.6 Å². The summed E-state index contributed by atoms with van der Waals surface area (Å²) in [5, 5.41) is 6.08. The van der Waals surface area contributed by atoms with E-state index < -0.39 is 10.9 Å². The van der Waals surface area contributed by atoms with Crippen LogP contribution in [-0.2, 0) is 6.54 Å². The van der Waals surface area contributed by atoms with Crippen molar-refractivity contribution < 1.29 is 4.42 Å². The van der Waals surface area contributed by atoms with Crippen LogP contribution in [0.1, 0.15) is 37.9 Å². The lowest BCUT2D eigenvalue weighted by molar-refractivity contribution is 0.518. The van der Waals surface area contributed by atoms with Crippen molar-refractivity contribution in [3.63, 3.8) is 0 Å². The maximum absolute atomic E-state index is 11.7. The molecule has 0 unspecified atom stereocenters. The Bertz CT molecular complexity index is 722. The van der Waals surface area contributed by atoms with Gasteiger partial charge in [-0.25, -0.2) is 0 Å². The van der Waals surface area contributed by atoms with Gasteiger partial charge in [0.2, 0.25) is 0 Å². The smallest absolute Gasteiger partial charge is 0.253 e. The molecule has 0 radical (unpaired) electrons. The van der Waals surface area contributed by atoms with E-state index in [1.54, 1.807) is 12.3 Å². The molecule has 0 aliphatic heterocycles. The van der Waals surface area contributed by atoms with E-state index in [1.165, 1.54) is 18.4 Å². The van der Waals surface area contributed by atoms with Crippen LogP contribution in [0.2, 0.25) is 0 Å². The SMILES string of the molecule is O=c1c(NCCC2=CCCCC2)c(NCc2ccco2)c1=O. The molecule has 116 valence electrons. The van der Waals surface area contributed by atoms with Crippen LogP contribution >= 0.6 is 0 Å². The van der Waals surface area contributed by atoms with E-state index in [0.29, 0.717) is 24.5 Å². The third-order valence-electron chi connectivity index (χ3n) is 4.06. The lowest BCUT2D eigenvalue weighted by Crippen LogP contribution is -2.37. The van der Waals surface area contributed by atoms with Crippen LogP contribution in [-0.4, -0.2) is 6.54 Å². The quantitative estimate of drug-likeness (QED) is 0.608. The van der Waals surface area contributed by atoms with E-state index in [0.717, 1.165) is 25.0 Å². The first-order valence-electron chi connectivity index (χ1n) is 7.77. The fraction of sp³-hybridized carbons (Fsp3) is 0.412. The lowest BCUT2D eigenvalue weighted by atomic mass is 9.97. The van der Waals surface area contributed by atoms with Gasteiger partial charge >= 0.3 is 0 Å². The molecule has 22 heavy (non-hydrogen) atoms. The Labute approximate surface area is 128 Å². The summed E-state index contributed by atoms with van der Waals surface area (Å²) in [6.45, 7) is 1.09.